The minimum Gasteiger partial charge on any atom is -0.507 e. The number of aromatic hydroxyl groups is 1. The van der Waals surface area contributed by atoms with E-state index in [4.69, 9.17) is 4.98 Å². The maximum absolute atomic E-state index is 12.7. The van der Waals surface area contributed by atoms with E-state index in [2.05, 4.69) is 43.0 Å². The van der Waals surface area contributed by atoms with Gasteiger partial charge in [0.2, 0.25) is 0 Å². The Morgan fingerprint density at radius 2 is 1.77 bits per heavy atom. The quantitative estimate of drug-likeness (QED) is 0.352. The number of hydrogen-bond acceptors (Lipinski definition) is 8. The minimum atomic E-state index is -0.263. The number of anilines is 4. The second-order valence-electron chi connectivity index (χ2n) is 9.11. The molecule has 1 aromatic carbocycles. The maximum Gasteiger partial charge on any atom is 0.258 e. The normalized spacial score (nSPS) is 14.1. The van der Waals surface area contributed by atoms with Gasteiger partial charge in [-0.25, -0.2) is 4.98 Å². The highest BCUT2D eigenvalue weighted by Crippen LogP contribution is 2.28. The van der Waals surface area contributed by atoms with E-state index in [0.717, 1.165) is 59.9 Å². The molecule has 0 bridgehead atoms. The lowest BCUT2D eigenvalue weighted by Crippen LogP contribution is -2.45. The second kappa shape index (κ2) is 10.2. The van der Waals surface area contributed by atoms with E-state index in [1.165, 1.54) is 0 Å². The van der Waals surface area contributed by atoms with Crippen molar-refractivity contribution in [2.45, 2.75) is 27.3 Å². The van der Waals surface area contributed by atoms with Crippen molar-refractivity contribution in [1.29, 1.82) is 0 Å². The van der Waals surface area contributed by atoms with Gasteiger partial charge in [-0.3, -0.25) is 9.89 Å². The van der Waals surface area contributed by atoms with Crippen LogP contribution in [0.25, 0.3) is 0 Å². The number of nitrogens with zero attached hydrogens (tertiary/aromatic N) is 4. The average Bonchev–Trinajstić information content (AvgIpc) is 3.23. The van der Waals surface area contributed by atoms with E-state index in [0.29, 0.717) is 29.5 Å². The Morgan fingerprint density at radius 1 is 1.09 bits per heavy atom. The van der Waals surface area contributed by atoms with Gasteiger partial charge in [-0.15, -0.1) is 0 Å². The van der Waals surface area contributed by atoms with Crippen LogP contribution in [0.1, 0.15) is 32.6 Å². The highest BCUT2D eigenvalue weighted by Gasteiger charge is 2.21. The molecule has 186 valence electrons. The van der Waals surface area contributed by atoms with Gasteiger partial charge in [0.1, 0.15) is 22.9 Å². The SMILES string of the molecule is CNC(=O)c1c(NCc2cc(C)c(O)c(C)c2)n[nH]c1Nc1cnc(N2CCN(C)CC2)c(C)c1. The van der Waals surface area contributed by atoms with Crippen LogP contribution in [0.3, 0.4) is 0 Å². The number of aryl methyl sites for hydroxylation is 3. The fourth-order valence-electron chi connectivity index (χ4n) is 4.37. The molecule has 0 unspecified atom stereocenters. The van der Waals surface area contributed by atoms with Crippen molar-refractivity contribution in [3.8, 4) is 5.75 Å². The topological polar surface area (TPSA) is 121 Å². The number of carbonyl (C=O) groups is 1. The smallest absolute Gasteiger partial charge is 0.258 e. The number of rotatable bonds is 7. The van der Waals surface area contributed by atoms with Crippen LogP contribution in [0.2, 0.25) is 0 Å². The summed E-state index contributed by atoms with van der Waals surface area (Å²) in [5.74, 6) is 1.95. The van der Waals surface area contributed by atoms with E-state index in [1.54, 1.807) is 13.2 Å². The minimum absolute atomic E-state index is 0.263. The molecular weight excluding hydrogens is 444 g/mol. The number of carbonyl (C=O) groups excluding carboxylic acids is 1. The van der Waals surface area contributed by atoms with Gasteiger partial charge in [0.05, 0.1) is 11.9 Å². The third kappa shape index (κ3) is 5.32. The van der Waals surface area contributed by atoms with Crippen LogP contribution >= 0.6 is 0 Å². The summed E-state index contributed by atoms with van der Waals surface area (Å²) in [5, 5.41) is 26.5. The number of H-pyrrole nitrogens is 1. The van der Waals surface area contributed by atoms with Crippen molar-refractivity contribution >= 4 is 29.0 Å². The van der Waals surface area contributed by atoms with E-state index in [-0.39, 0.29) is 5.91 Å². The zero-order chi connectivity index (χ0) is 25.1. The Balaban J connectivity index is 1.52. The van der Waals surface area contributed by atoms with Crippen molar-refractivity contribution in [2.24, 2.45) is 0 Å². The highest BCUT2D eigenvalue weighted by atomic mass is 16.3. The standard InChI is InChI=1S/C25H34N8O2/c1-15-10-18(11-16(2)21(15)34)13-27-22-20(25(35)26-4)23(31-30-22)29-19-12-17(3)24(28-14-19)33-8-6-32(5)7-9-33/h10-12,14,34H,6-9,13H2,1-5H3,(H,26,35)(H3,27,29,30,31). The zero-order valence-corrected chi connectivity index (χ0v) is 21.0. The number of aromatic nitrogens is 3. The summed E-state index contributed by atoms with van der Waals surface area (Å²) >= 11 is 0. The third-order valence-corrected chi connectivity index (χ3v) is 6.35. The number of likely N-dealkylation sites (N-methyl/N-ethyl adjacent to an activating group) is 1. The lowest BCUT2D eigenvalue weighted by Gasteiger charge is -2.34. The third-order valence-electron chi connectivity index (χ3n) is 6.35. The molecule has 0 atom stereocenters. The molecule has 1 amide bonds. The number of nitrogens with one attached hydrogen (secondary N) is 4. The molecule has 1 fully saturated rings. The van der Waals surface area contributed by atoms with Gasteiger partial charge in [0, 0.05) is 39.8 Å². The first-order valence-corrected chi connectivity index (χ1v) is 11.8. The van der Waals surface area contributed by atoms with Crippen molar-refractivity contribution in [3.05, 3.63) is 52.2 Å². The Bertz CT molecular complexity index is 1190. The molecule has 0 spiro atoms. The van der Waals surface area contributed by atoms with Gasteiger partial charge in [0.25, 0.3) is 5.91 Å². The molecule has 3 heterocycles. The zero-order valence-electron chi connectivity index (χ0n) is 21.0. The van der Waals surface area contributed by atoms with Crippen molar-refractivity contribution in [2.75, 3.05) is 55.8 Å². The number of hydrogen-bond donors (Lipinski definition) is 5. The predicted molar refractivity (Wildman–Crippen MR) is 139 cm³/mol. The summed E-state index contributed by atoms with van der Waals surface area (Å²) in [6.45, 7) is 10.2. The van der Waals surface area contributed by atoms with Crippen LogP contribution in [0.15, 0.2) is 24.4 Å². The van der Waals surface area contributed by atoms with Gasteiger partial charge >= 0.3 is 0 Å². The molecule has 5 N–H and O–H groups in total. The molecule has 35 heavy (non-hydrogen) atoms. The van der Waals surface area contributed by atoms with Gasteiger partial charge in [-0.05, 0) is 56.1 Å². The first kappa shape index (κ1) is 24.3. The van der Waals surface area contributed by atoms with Crippen LogP contribution in [0.4, 0.5) is 23.1 Å². The fraction of sp³-hybridized carbons (Fsp3) is 0.400. The monoisotopic (exact) mass is 478 g/mol. The summed E-state index contributed by atoms with van der Waals surface area (Å²) < 4.78 is 0. The molecule has 0 saturated carbocycles. The molecule has 0 radical (unpaired) electrons. The second-order valence-corrected chi connectivity index (χ2v) is 9.11. The van der Waals surface area contributed by atoms with E-state index >= 15 is 0 Å². The maximum atomic E-state index is 12.7. The lowest BCUT2D eigenvalue weighted by molar-refractivity contribution is 0.0964. The summed E-state index contributed by atoms with van der Waals surface area (Å²) in [6, 6.07) is 5.86. The Kier molecular flexibility index (Phi) is 7.11. The van der Waals surface area contributed by atoms with Crippen molar-refractivity contribution in [1.82, 2.24) is 25.4 Å². The summed E-state index contributed by atoms with van der Waals surface area (Å²) in [4.78, 5) is 22.0. The molecule has 0 aliphatic carbocycles. The largest absolute Gasteiger partial charge is 0.507 e. The molecular formula is C25H34N8O2. The highest BCUT2D eigenvalue weighted by molar-refractivity contribution is 6.04. The van der Waals surface area contributed by atoms with Crippen molar-refractivity contribution in [3.63, 3.8) is 0 Å². The van der Waals surface area contributed by atoms with Crippen LogP contribution in [-0.4, -0.2) is 71.4 Å². The average molecular weight is 479 g/mol. The molecule has 10 heteroatoms. The van der Waals surface area contributed by atoms with E-state index < -0.39 is 0 Å². The number of benzene rings is 1. The van der Waals surface area contributed by atoms with Crippen molar-refractivity contribution < 1.29 is 9.90 Å². The molecule has 1 saturated heterocycles. The van der Waals surface area contributed by atoms with Crippen LogP contribution in [0.5, 0.6) is 5.75 Å². The van der Waals surface area contributed by atoms with E-state index in [1.807, 2.05) is 39.0 Å². The van der Waals surface area contributed by atoms with Gasteiger partial charge < -0.3 is 30.9 Å². The van der Waals surface area contributed by atoms with E-state index in [9.17, 15) is 9.90 Å². The molecule has 1 aliphatic heterocycles. The molecule has 1 aliphatic rings. The first-order valence-electron chi connectivity index (χ1n) is 11.8. The number of amides is 1. The summed E-state index contributed by atoms with van der Waals surface area (Å²) in [5.41, 5.74) is 4.82. The molecule has 4 rings (SSSR count). The first-order chi connectivity index (χ1) is 16.8. The molecule has 10 nitrogen and oxygen atoms in total. The lowest BCUT2D eigenvalue weighted by atomic mass is 10.1. The summed E-state index contributed by atoms with van der Waals surface area (Å²) in [7, 11) is 3.72. The van der Waals surface area contributed by atoms with Crippen LogP contribution in [0, 0.1) is 20.8 Å². The predicted octanol–water partition coefficient (Wildman–Crippen LogP) is 2.90. The Morgan fingerprint density at radius 3 is 2.40 bits per heavy atom. The number of pyridine rings is 1. The van der Waals surface area contributed by atoms with Gasteiger partial charge in [0.15, 0.2) is 5.82 Å². The molecule has 2 aromatic heterocycles. The van der Waals surface area contributed by atoms with Gasteiger partial charge in [-0.2, -0.15) is 5.10 Å². The number of aromatic amines is 1. The number of phenolic OH excluding ortho intramolecular Hbond substituents is 1. The van der Waals surface area contributed by atoms with Gasteiger partial charge in [-0.1, -0.05) is 12.1 Å². The Hall–Kier alpha value is -3.79. The summed E-state index contributed by atoms with van der Waals surface area (Å²) in [6.07, 6.45) is 1.78. The molecule has 3 aromatic rings. The Labute approximate surface area is 205 Å². The number of piperazine rings is 1. The number of phenols is 1. The van der Waals surface area contributed by atoms with Crippen LogP contribution < -0.4 is 20.9 Å². The van der Waals surface area contributed by atoms with Crippen LogP contribution in [-0.2, 0) is 6.54 Å². The fourth-order valence-corrected chi connectivity index (χ4v) is 4.37.